The molecule has 0 aliphatic carbocycles. The number of thioether (sulfide) groups is 1. The van der Waals surface area contributed by atoms with Gasteiger partial charge in [0.15, 0.2) is 23.3 Å². The van der Waals surface area contributed by atoms with Crippen LogP contribution in [0, 0.1) is 10.5 Å². The van der Waals surface area contributed by atoms with Gasteiger partial charge in [0.25, 0.3) is 5.91 Å². The first kappa shape index (κ1) is 26.1. The van der Waals surface area contributed by atoms with E-state index in [1.165, 1.54) is 11.8 Å². The first-order chi connectivity index (χ1) is 16.2. The average molecular weight is 594 g/mol. The minimum absolute atomic E-state index is 0.000940. The number of aryl methyl sites for hydroxylation is 1. The number of ether oxygens (including phenoxy) is 2. The Morgan fingerprint density at radius 3 is 2.56 bits per heavy atom. The number of carbonyl (C=O) groups is 2. The molecule has 3 rings (SSSR count). The van der Waals surface area contributed by atoms with Crippen molar-refractivity contribution in [2.45, 2.75) is 40.2 Å². The smallest absolute Gasteiger partial charge is 0.341 e. The predicted octanol–water partition coefficient (Wildman–Crippen LogP) is 5.86. The van der Waals surface area contributed by atoms with Crippen LogP contribution in [0.2, 0.25) is 0 Å². The Kier molecular flexibility index (Phi) is 9.01. The summed E-state index contributed by atoms with van der Waals surface area (Å²) in [7, 11) is 0. The molecule has 0 saturated carbocycles. The molecule has 1 N–H and O–H groups in total. The average Bonchev–Trinajstić information content (AvgIpc) is 3.08. The molecule has 0 spiro atoms. The van der Waals surface area contributed by atoms with E-state index in [1.807, 2.05) is 64.1 Å². The summed E-state index contributed by atoms with van der Waals surface area (Å²) in [6.07, 6.45) is 2.61. The fourth-order valence-electron chi connectivity index (χ4n) is 3.23. The van der Waals surface area contributed by atoms with Crippen LogP contribution in [0.25, 0.3) is 6.08 Å². The van der Waals surface area contributed by atoms with E-state index in [9.17, 15) is 9.59 Å². The van der Waals surface area contributed by atoms with E-state index in [4.69, 9.17) is 19.6 Å². The summed E-state index contributed by atoms with van der Waals surface area (Å²) in [5.41, 5.74) is 2.70. The number of nitrogens with zero attached hydrogens (tertiary/aromatic N) is 2. The highest BCUT2D eigenvalue weighted by Gasteiger charge is 2.36. The summed E-state index contributed by atoms with van der Waals surface area (Å²) in [5.74, 6) is -0.349. The molecule has 2 aromatic rings. The number of hydrogen-bond acceptors (Lipinski definition) is 6. The van der Waals surface area contributed by atoms with Gasteiger partial charge in [0, 0.05) is 6.04 Å². The maximum Gasteiger partial charge on any atom is 0.341 e. The Morgan fingerprint density at radius 1 is 1.24 bits per heavy atom. The molecule has 0 bridgehead atoms. The van der Waals surface area contributed by atoms with E-state index in [2.05, 4.69) is 22.6 Å². The summed E-state index contributed by atoms with van der Waals surface area (Å²) < 4.78 is 11.8. The van der Waals surface area contributed by atoms with Crippen molar-refractivity contribution in [1.82, 2.24) is 4.90 Å². The van der Waals surface area contributed by atoms with Gasteiger partial charge in [-0.2, -0.15) is 0 Å². The fraction of sp³-hybridized carbons (Fsp3) is 0.320. The zero-order valence-electron chi connectivity index (χ0n) is 19.5. The van der Waals surface area contributed by atoms with E-state index < -0.39 is 12.6 Å². The van der Waals surface area contributed by atoms with Crippen molar-refractivity contribution in [3.63, 3.8) is 0 Å². The van der Waals surface area contributed by atoms with Gasteiger partial charge in [-0.3, -0.25) is 9.69 Å². The summed E-state index contributed by atoms with van der Waals surface area (Å²) in [4.78, 5) is 31.3. The van der Waals surface area contributed by atoms with E-state index in [1.54, 1.807) is 11.0 Å². The minimum atomic E-state index is -1.07. The molecule has 7 nitrogen and oxygen atoms in total. The molecule has 2 aromatic carbocycles. The number of amides is 1. The highest BCUT2D eigenvalue weighted by Crippen LogP contribution is 2.39. The second kappa shape index (κ2) is 11.7. The van der Waals surface area contributed by atoms with E-state index >= 15 is 0 Å². The van der Waals surface area contributed by atoms with E-state index in [-0.39, 0.29) is 11.9 Å². The largest absolute Gasteiger partial charge is 0.490 e. The van der Waals surface area contributed by atoms with Gasteiger partial charge in [0.2, 0.25) is 0 Å². The molecular formula is C25H27IN2O5S. The number of amidine groups is 1. The van der Waals surface area contributed by atoms with Crippen LogP contribution in [-0.4, -0.2) is 46.3 Å². The van der Waals surface area contributed by atoms with Crippen LogP contribution < -0.4 is 9.47 Å². The molecule has 0 aromatic heterocycles. The number of carbonyl (C=O) groups excluding carboxylic acids is 1. The van der Waals surface area contributed by atoms with Crippen molar-refractivity contribution in [1.29, 1.82) is 0 Å². The van der Waals surface area contributed by atoms with Gasteiger partial charge < -0.3 is 14.6 Å². The molecule has 180 valence electrons. The monoisotopic (exact) mass is 594 g/mol. The van der Waals surface area contributed by atoms with Crippen molar-refractivity contribution < 1.29 is 24.2 Å². The molecule has 1 heterocycles. The molecular weight excluding hydrogens is 567 g/mol. The normalized spacial score (nSPS) is 16.9. The lowest BCUT2D eigenvalue weighted by Crippen LogP contribution is -2.36. The number of aliphatic carboxylic acids is 1. The number of aliphatic imine (C=N–C) groups is 1. The highest BCUT2D eigenvalue weighted by molar-refractivity contribution is 14.1. The standard InChI is InChI=1S/C25H27IN2O5S/c1-5-16(4)28-24(31)21(34-25(28)27-18-9-7-15(3)8-10-18)13-17-11-19(26)23(33-14-22(29)30)20(12-17)32-6-2/h7-13,16H,5-6,14H2,1-4H3,(H,29,30)/b21-13+,27-25?/t16-/m1/s1. The van der Waals surface area contributed by atoms with Crippen LogP contribution in [0.15, 0.2) is 46.3 Å². The highest BCUT2D eigenvalue weighted by atomic mass is 127. The van der Waals surface area contributed by atoms with Crippen molar-refractivity contribution in [2.75, 3.05) is 13.2 Å². The molecule has 1 fully saturated rings. The number of carboxylic acid groups (broad SMARTS) is 1. The molecule has 9 heteroatoms. The van der Waals surface area contributed by atoms with Crippen LogP contribution in [0.4, 0.5) is 5.69 Å². The van der Waals surface area contributed by atoms with E-state index in [0.717, 1.165) is 23.2 Å². The Bertz CT molecular complexity index is 1130. The van der Waals surface area contributed by atoms with E-state index in [0.29, 0.717) is 31.7 Å². The lowest BCUT2D eigenvalue weighted by molar-refractivity contribution is -0.139. The number of rotatable bonds is 9. The summed E-state index contributed by atoms with van der Waals surface area (Å²) in [6, 6.07) is 11.5. The zero-order chi connectivity index (χ0) is 24.8. The third-order valence-corrected chi connectivity index (χ3v) is 6.88. The number of benzene rings is 2. The molecule has 0 radical (unpaired) electrons. The van der Waals surface area contributed by atoms with Crippen molar-refractivity contribution in [2.24, 2.45) is 4.99 Å². The van der Waals surface area contributed by atoms with Crippen molar-refractivity contribution in [3.05, 3.63) is 56.0 Å². The maximum atomic E-state index is 13.3. The zero-order valence-corrected chi connectivity index (χ0v) is 22.5. The van der Waals surface area contributed by atoms with Gasteiger partial charge in [0.1, 0.15) is 0 Å². The SMILES string of the molecule is CCOc1cc(/C=C2/SC(=Nc3ccc(C)cc3)N([C@H](C)CC)C2=O)cc(I)c1OCC(=O)O. The lowest BCUT2D eigenvalue weighted by atomic mass is 10.1. The topological polar surface area (TPSA) is 88.4 Å². The predicted molar refractivity (Wildman–Crippen MR) is 144 cm³/mol. The quantitative estimate of drug-likeness (QED) is 0.289. The Hall–Kier alpha value is -2.53. The van der Waals surface area contributed by atoms with Gasteiger partial charge >= 0.3 is 5.97 Å². The van der Waals surface area contributed by atoms with Crippen LogP contribution in [-0.2, 0) is 9.59 Å². The summed E-state index contributed by atoms with van der Waals surface area (Å²) >= 11 is 3.42. The van der Waals surface area contributed by atoms with Gasteiger partial charge in [-0.25, -0.2) is 9.79 Å². The lowest BCUT2D eigenvalue weighted by Gasteiger charge is -2.22. The first-order valence-electron chi connectivity index (χ1n) is 10.9. The molecule has 1 saturated heterocycles. The van der Waals surface area contributed by atoms with Crippen LogP contribution in [0.3, 0.4) is 0 Å². The number of hydrogen-bond donors (Lipinski definition) is 1. The minimum Gasteiger partial charge on any atom is -0.490 e. The molecule has 1 amide bonds. The van der Waals surface area contributed by atoms with Crippen molar-refractivity contribution in [3.8, 4) is 11.5 Å². The maximum absolute atomic E-state index is 13.3. The molecule has 1 aliphatic rings. The Labute approximate surface area is 217 Å². The Morgan fingerprint density at radius 2 is 1.94 bits per heavy atom. The van der Waals surface area contributed by atoms with Gasteiger partial charge in [-0.15, -0.1) is 0 Å². The fourth-order valence-corrected chi connectivity index (χ4v) is 5.10. The third-order valence-electron chi connectivity index (χ3n) is 5.10. The molecule has 34 heavy (non-hydrogen) atoms. The van der Waals surface area contributed by atoms with Gasteiger partial charge in [-0.1, -0.05) is 24.6 Å². The second-order valence-electron chi connectivity index (χ2n) is 7.72. The number of halogens is 1. The van der Waals surface area contributed by atoms with Crippen LogP contribution >= 0.6 is 34.4 Å². The second-order valence-corrected chi connectivity index (χ2v) is 9.89. The van der Waals surface area contributed by atoms with Gasteiger partial charge in [-0.05, 0) is 97.4 Å². The first-order valence-corrected chi connectivity index (χ1v) is 12.8. The molecule has 1 atom stereocenters. The van der Waals surface area contributed by atoms with Crippen LogP contribution in [0.1, 0.15) is 38.3 Å². The summed E-state index contributed by atoms with van der Waals surface area (Å²) in [5, 5.41) is 9.61. The van der Waals surface area contributed by atoms with Crippen molar-refractivity contribution >= 4 is 63.2 Å². The Balaban J connectivity index is 1.98. The van der Waals surface area contributed by atoms with Gasteiger partial charge in [0.05, 0.1) is 20.8 Å². The molecule has 0 unspecified atom stereocenters. The number of carboxylic acids is 1. The summed E-state index contributed by atoms with van der Waals surface area (Å²) in [6.45, 7) is 7.84. The third kappa shape index (κ3) is 6.32. The van der Waals surface area contributed by atoms with Crippen LogP contribution in [0.5, 0.6) is 11.5 Å². The molecule has 1 aliphatic heterocycles.